The Balaban J connectivity index is 1.59. The first-order valence-electron chi connectivity index (χ1n) is 9.03. The van der Waals surface area contributed by atoms with Crippen molar-refractivity contribution in [3.63, 3.8) is 0 Å². The van der Waals surface area contributed by atoms with Gasteiger partial charge in [0.15, 0.2) is 17.3 Å². The lowest BCUT2D eigenvalue weighted by atomic mass is 10.2. The highest BCUT2D eigenvalue weighted by atomic mass is 32.2. The number of hydrogen-bond acceptors (Lipinski definition) is 5. The van der Waals surface area contributed by atoms with Crippen LogP contribution in [0.4, 0.5) is 0 Å². The molecule has 1 atom stereocenters. The summed E-state index contributed by atoms with van der Waals surface area (Å²) in [5, 5.41) is 2.80. The number of hydrogen-bond donors (Lipinski definition) is 1. The molecule has 0 spiro atoms. The standard InChI is InChI=1S/C22H23NO5S/c1-15-4-8-18(9-5-15)29(25)14-17-7-11-20(28-17)22(24)23-13-16-6-10-19(26-2)21(12-16)27-3/h4-12H,13-14H2,1-3H3,(H,23,24). The molecule has 152 valence electrons. The van der Waals surface area contributed by atoms with Crippen molar-refractivity contribution in [1.29, 1.82) is 0 Å². The van der Waals surface area contributed by atoms with Crippen LogP contribution in [0.25, 0.3) is 0 Å². The highest BCUT2D eigenvalue weighted by Gasteiger charge is 2.14. The lowest BCUT2D eigenvalue weighted by molar-refractivity contribution is 0.0921. The molecule has 1 amide bonds. The second kappa shape index (κ2) is 9.43. The van der Waals surface area contributed by atoms with Crippen LogP contribution in [0.3, 0.4) is 0 Å². The van der Waals surface area contributed by atoms with Crippen LogP contribution in [0, 0.1) is 6.92 Å². The summed E-state index contributed by atoms with van der Waals surface area (Å²) in [6, 6.07) is 16.2. The van der Waals surface area contributed by atoms with Gasteiger partial charge in [0, 0.05) is 11.4 Å². The van der Waals surface area contributed by atoms with E-state index in [2.05, 4.69) is 5.32 Å². The number of benzene rings is 2. The zero-order chi connectivity index (χ0) is 20.8. The molecule has 7 heteroatoms. The van der Waals surface area contributed by atoms with Gasteiger partial charge in [0.25, 0.3) is 5.91 Å². The molecule has 0 bridgehead atoms. The number of carbonyl (C=O) groups excluding carboxylic acids is 1. The van der Waals surface area contributed by atoms with Crippen LogP contribution in [0.15, 0.2) is 63.9 Å². The number of aryl methyl sites for hydroxylation is 1. The van der Waals surface area contributed by atoms with E-state index in [9.17, 15) is 9.00 Å². The number of ether oxygens (including phenoxy) is 2. The molecule has 1 aromatic heterocycles. The molecule has 1 N–H and O–H groups in total. The van der Waals surface area contributed by atoms with Gasteiger partial charge in [-0.05, 0) is 48.9 Å². The minimum absolute atomic E-state index is 0.182. The summed E-state index contributed by atoms with van der Waals surface area (Å²) in [6.07, 6.45) is 0. The molecule has 6 nitrogen and oxygen atoms in total. The molecule has 0 saturated heterocycles. The van der Waals surface area contributed by atoms with Crippen LogP contribution in [-0.4, -0.2) is 24.3 Å². The second-order valence-corrected chi connectivity index (χ2v) is 7.89. The van der Waals surface area contributed by atoms with Gasteiger partial charge in [0.1, 0.15) is 5.76 Å². The summed E-state index contributed by atoms with van der Waals surface area (Å²) >= 11 is 0. The van der Waals surface area contributed by atoms with E-state index in [1.165, 1.54) is 0 Å². The van der Waals surface area contributed by atoms with Crippen LogP contribution in [-0.2, 0) is 23.1 Å². The summed E-state index contributed by atoms with van der Waals surface area (Å²) in [7, 11) is 1.90. The van der Waals surface area contributed by atoms with Crippen molar-refractivity contribution in [2.24, 2.45) is 0 Å². The predicted octanol–water partition coefficient (Wildman–Crippen LogP) is 3.84. The average Bonchev–Trinajstić information content (AvgIpc) is 3.20. The van der Waals surface area contributed by atoms with Gasteiger partial charge in [0.2, 0.25) is 0 Å². The van der Waals surface area contributed by atoms with Crippen molar-refractivity contribution >= 4 is 16.7 Å². The number of rotatable bonds is 8. The number of carbonyl (C=O) groups is 1. The Morgan fingerprint density at radius 3 is 2.41 bits per heavy atom. The van der Waals surface area contributed by atoms with Crippen molar-refractivity contribution in [3.8, 4) is 11.5 Å². The summed E-state index contributed by atoms with van der Waals surface area (Å²) in [4.78, 5) is 13.1. The van der Waals surface area contributed by atoms with Gasteiger partial charge in [-0.25, -0.2) is 0 Å². The zero-order valence-corrected chi connectivity index (χ0v) is 17.4. The van der Waals surface area contributed by atoms with E-state index >= 15 is 0 Å². The van der Waals surface area contributed by atoms with Crippen molar-refractivity contribution in [3.05, 3.63) is 77.2 Å². The summed E-state index contributed by atoms with van der Waals surface area (Å²) in [6.45, 7) is 2.29. The molecule has 3 rings (SSSR count). The fourth-order valence-electron chi connectivity index (χ4n) is 2.74. The minimum atomic E-state index is -1.23. The largest absolute Gasteiger partial charge is 0.493 e. The minimum Gasteiger partial charge on any atom is -0.493 e. The van der Waals surface area contributed by atoms with Gasteiger partial charge in [-0.2, -0.15) is 0 Å². The summed E-state index contributed by atoms with van der Waals surface area (Å²) < 4.78 is 28.5. The Kier molecular flexibility index (Phi) is 6.72. The number of methoxy groups -OCH3 is 2. The molecule has 0 aliphatic rings. The molecule has 0 saturated carbocycles. The van der Waals surface area contributed by atoms with Crippen LogP contribution < -0.4 is 14.8 Å². The van der Waals surface area contributed by atoms with E-state index in [4.69, 9.17) is 13.9 Å². The molecule has 29 heavy (non-hydrogen) atoms. The van der Waals surface area contributed by atoms with Crippen molar-refractivity contribution in [1.82, 2.24) is 5.32 Å². The maximum atomic E-state index is 12.5. The molecule has 0 radical (unpaired) electrons. The number of nitrogens with one attached hydrogen (secondary N) is 1. The Morgan fingerprint density at radius 2 is 1.72 bits per heavy atom. The normalized spacial score (nSPS) is 11.7. The lowest BCUT2D eigenvalue weighted by Gasteiger charge is -2.10. The van der Waals surface area contributed by atoms with Gasteiger partial charge in [0.05, 0.1) is 30.8 Å². The van der Waals surface area contributed by atoms with E-state index in [1.807, 2.05) is 37.3 Å². The van der Waals surface area contributed by atoms with Gasteiger partial charge in [-0.15, -0.1) is 0 Å². The SMILES string of the molecule is COc1ccc(CNC(=O)c2ccc(CS(=O)c3ccc(C)cc3)o2)cc1OC. The molecule has 0 aliphatic carbocycles. The van der Waals surface area contributed by atoms with E-state index in [0.29, 0.717) is 23.8 Å². The van der Waals surface area contributed by atoms with Gasteiger partial charge >= 0.3 is 0 Å². The molecule has 1 unspecified atom stereocenters. The topological polar surface area (TPSA) is 77.8 Å². The zero-order valence-electron chi connectivity index (χ0n) is 16.6. The molecular weight excluding hydrogens is 390 g/mol. The van der Waals surface area contributed by atoms with Crippen LogP contribution in [0.1, 0.15) is 27.4 Å². The fraction of sp³-hybridized carbons (Fsp3) is 0.227. The Morgan fingerprint density at radius 1 is 1.00 bits per heavy atom. The summed E-state index contributed by atoms with van der Waals surface area (Å²) in [5.41, 5.74) is 1.97. The second-order valence-electron chi connectivity index (χ2n) is 6.44. The van der Waals surface area contributed by atoms with Gasteiger partial charge < -0.3 is 19.2 Å². The quantitative estimate of drug-likeness (QED) is 0.607. The maximum Gasteiger partial charge on any atom is 0.287 e. The Bertz CT molecular complexity index is 1010. The average molecular weight is 413 g/mol. The molecule has 2 aromatic carbocycles. The van der Waals surface area contributed by atoms with E-state index in [-0.39, 0.29) is 17.4 Å². The van der Waals surface area contributed by atoms with Gasteiger partial charge in [-0.1, -0.05) is 23.8 Å². The predicted molar refractivity (Wildman–Crippen MR) is 111 cm³/mol. The monoisotopic (exact) mass is 413 g/mol. The van der Waals surface area contributed by atoms with Crippen molar-refractivity contribution in [2.75, 3.05) is 14.2 Å². The fourth-order valence-corrected chi connectivity index (χ4v) is 3.76. The number of amides is 1. The Hall–Kier alpha value is -3.06. The van der Waals surface area contributed by atoms with Crippen molar-refractivity contribution < 1.29 is 22.9 Å². The molecule has 0 fully saturated rings. The molecule has 1 heterocycles. The molecule has 3 aromatic rings. The third kappa shape index (κ3) is 5.26. The van der Waals surface area contributed by atoms with E-state index < -0.39 is 10.8 Å². The third-order valence-electron chi connectivity index (χ3n) is 4.34. The molecule has 0 aliphatic heterocycles. The van der Waals surface area contributed by atoms with Crippen molar-refractivity contribution in [2.45, 2.75) is 24.1 Å². The summed E-state index contributed by atoms with van der Waals surface area (Å²) in [5.74, 6) is 1.78. The van der Waals surface area contributed by atoms with E-state index in [1.54, 1.807) is 38.5 Å². The first-order chi connectivity index (χ1) is 14.0. The first-order valence-corrected chi connectivity index (χ1v) is 10.3. The third-order valence-corrected chi connectivity index (χ3v) is 5.69. The van der Waals surface area contributed by atoms with Crippen LogP contribution >= 0.6 is 0 Å². The number of furan rings is 1. The van der Waals surface area contributed by atoms with Crippen LogP contribution in [0.5, 0.6) is 11.5 Å². The lowest BCUT2D eigenvalue weighted by Crippen LogP contribution is -2.22. The smallest absolute Gasteiger partial charge is 0.287 e. The highest BCUT2D eigenvalue weighted by molar-refractivity contribution is 7.84. The Labute approximate surface area is 172 Å². The first kappa shape index (κ1) is 20.7. The van der Waals surface area contributed by atoms with Gasteiger partial charge in [-0.3, -0.25) is 9.00 Å². The van der Waals surface area contributed by atoms with Crippen LogP contribution in [0.2, 0.25) is 0 Å². The van der Waals surface area contributed by atoms with E-state index in [0.717, 1.165) is 16.0 Å². The molecular formula is C22H23NO5S. The maximum absolute atomic E-state index is 12.5. The highest BCUT2D eigenvalue weighted by Crippen LogP contribution is 2.27.